The van der Waals surface area contributed by atoms with Crippen LogP contribution in [0.5, 0.6) is 0 Å². The van der Waals surface area contributed by atoms with E-state index in [9.17, 15) is 9.59 Å². The Balaban J connectivity index is 4.73. The van der Waals surface area contributed by atoms with Crippen LogP contribution in [0.4, 0.5) is 0 Å². The summed E-state index contributed by atoms with van der Waals surface area (Å²) >= 11 is 0. The first kappa shape index (κ1) is 10.7. The molecule has 0 spiro atoms. The Hall–Kier alpha value is -1.32. The maximum Gasteiger partial charge on any atom is 0.330 e. The third kappa shape index (κ3) is 2.74. The lowest BCUT2D eigenvalue weighted by molar-refractivity contribution is -0.144. The number of hydrogen-bond acceptors (Lipinski definition) is 2. The van der Waals surface area contributed by atoms with Crippen LogP contribution >= 0.6 is 0 Å². The molecule has 0 fully saturated rings. The molecule has 0 atom stereocenters. The van der Waals surface area contributed by atoms with E-state index >= 15 is 0 Å². The normalized spacial score (nSPS) is 12.8. The van der Waals surface area contributed by atoms with Gasteiger partial charge in [-0.1, -0.05) is 6.08 Å². The monoisotopic (exact) mass is 172 g/mol. The molecule has 4 heteroatoms. The highest BCUT2D eigenvalue weighted by Gasteiger charge is 2.25. The Bertz CT molecular complexity index is 237. The molecule has 0 saturated heterocycles. The van der Waals surface area contributed by atoms with Crippen LogP contribution in [0.2, 0.25) is 0 Å². The van der Waals surface area contributed by atoms with Crippen LogP contribution in [0, 0.1) is 5.41 Å². The van der Waals surface area contributed by atoms with Crippen LogP contribution < -0.4 is 0 Å². The third-order valence-electron chi connectivity index (χ3n) is 1.47. The first-order valence-electron chi connectivity index (χ1n) is 3.43. The quantitative estimate of drug-likeness (QED) is 0.626. The van der Waals surface area contributed by atoms with E-state index in [-0.39, 0.29) is 5.57 Å². The minimum atomic E-state index is -1.12. The Morgan fingerprint density at radius 3 is 1.92 bits per heavy atom. The predicted octanol–water partition coefficient (Wildman–Crippen LogP) is 1.13. The molecule has 0 saturated carbocycles. The smallest absolute Gasteiger partial charge is 0.330 e. The second-order valence-corrected chi connectivity index (χ2v) is 3.16. The zero-order chi connectivity index (χ0) is 9.94. The van der Waals surface area contributed by atoms with E-state index in [0.29, 0.717) is 0 Å². The molecule has 68 valence electrons. The summed E-state index contributed by atoms with van der Waals surface area (Å²) < 4.78 is 0. The van der Waals surface area contributed by atoms with Gasteiger partial charge in [0.2, 0.25) is 0 Å². The number of hydrogen-bond donors (Lipinski definition) is 2. The minimum absolute atomic E-state index is 0.0439. The SMILES string of the molecule is C/C(=C/C(C)(C)C(=O)O)C(=O)O. The largest absolute Gasteiger partial charge is 0.481 e. The number of aliphatic carboxylic acids is 2. The van der Waals surface area contributed by atoms with E-state index in [2.05, 4.69) is 0 Å². The molecule has 0 aliphatic carbocycles. The lowest BCUT2D eigenvalue weighted by Crippen LogP contribution is -2.22. The number of carboxylic acid groups (broad SMARTS) is 2. The summed E-state index contributed by atoms with van der Waals surface area (Å²) in [4.78, 5) is 20.9. The molecule has 0 bridgehead atoms. The molecule has 0 unspecified atom stereocenters. The molecule has 12 heavy (non-hydrogen) atoms. The van der Waals surface area contributed by atoms with Gasteiger partial charge in [0.25, 0.3) is 0 Å². The van der Waals surface area contributed by atoms with E-state index < -0.39 is 17.4 Å². The maximum atomic E-state index is 10.5. The second-order valence-electron chi connectivity index (χ2n) is 3.16. The number of rotatable bonds is 3. The summed E-state index contributed by atoms with van der Waals surface area (Å²) in [6.07, 6.45) is 1.22. The van der Waals surface area contributed by atoms with Gasteiger partial charge in [0.05, 0.1) is 5.41 Å². The summed E-state index contributed by atoms with van der Waals surface area (Å²) in [7, 11) is 0. The first-order chi connectivity index (χ1) is 5.27. The van der Waals surface area contributed by atoms with Crippen molar-refractivity contribution in [2.24, 2.45) is 5.41 Å². The Morgan fingerprint density at radius 1 is 1.25 bits per heavy atom. The highest BCUT2D eigenvalue weighted by atomic mass is 16.4. The van der Waals surface area contributed by atoms with Gasteiger partial charge in [-0.3, -0.25) is 4.79 Å². The molecule has 0 aliphatic rings. The van der Waals surface area contributed by atoms with Crippen LogP contribution in [0.15, 0.2) is 11.6 Å². The molecule has 0 rings (SSSR count). The van der Waals surface area contributed by atoms with E-state index in [1.165, 1.54) is 26.8 Å². The van der Waals surface area contributed by atoms with Gasteiger partial charge in [0.1, 0.15) is 0 Å². The molecule has 0 heterocycles. The van der Waals surface area contributed by atoms with Crippen LogP contribution in [-0.4, -0.2) is 22.2 Å². The fraction of sp³-hybridized carbons (Fsp3) is 0.500. The average Bonchev–Trinajstić information content (AvgIpc) is 1.85. The van der Waals surface area contributed by atoms with Crippen molar-refractivity contribution >= 4 is 11.9 Å². The maximum absolute atomic E-state index is 10.5. The first-order valence-corrected chi connectivity index (χ1v) is 3.43. The van der Waals surface area contributed by atoms with Crippen molar-refractivity contribution in [1.29, 1.82) is 0 Å². The summed E-state index contributed by atoms with van der Waals surface area (Å²) in [5, 5.41) is 17.1. The standard InChI is InChI=1S/C8H12O4/c1-5(6(9)10)4-8(2,3)7(11)12/h4H,1-3H3,(H,9,10)(H,11,12)/b5-4-. The van der Waals surface area contributed by atoms with Crippen LogP contribution in [-0.2, 0) is 9.59 Å². The van der Waals surface area contributed by atoms with Gasteiger partial charge in [0, 0.05) is 5.57 Å². The highest BCUT2D eigenvalue weighted by Crippen LogP contribution is 2.19. The molecular weight excluding hydrogens is 160 g/mol. The molecule has 2 N–H and O–H groups in total. The minimum Gasteiger partial charge on any atom is -0.481 e. The molecule has 0 amide bonds. The topological polar surface area (TPSA) is 74.6 Å². The summed E-state index contributed by atoms with van der Waals surface area (Å²) in [5.74, 6) is -2.13. The van der Waals surface area contributed by atoms with Crippen molar-refractivity contribution in [1.82, 2.24) is 0 Å². The third-order valence-corrected chi connectivity index (χ3v) is 1.47. The van der Waals surface area contributed by atoms with Gasteiger partial charge < -0.3 is 10.2 Å². The second kappa shape index (κ2) is 3.38. The van der Waals surface area contributed by atoms with Gasteiger partial charge in [-0.15, -0.1) is 0 Å². The van der Waals surface area contributed by atoms with Gasteiger partial charge in [0.15, 0.2) is 0 Å². The number of carbonyl (C=O) groups is 2. The fourth-order valence-corrected chi connectivity index (χ4v) is 0.665. The van der Waals surface area contributed by atoms with Crippen molar-refractivity contribution < 1.29 is 19.8 Å². The van der Waals surface area contributed by atoms with Gasteiger partial charge in [-0.05, 0) is 20.8 Å². The zero-order valence-electron chi connectivity index (χ0n) is 7.29. The van der Waals surface area contributed by atoms with Crippen LogP contribution in [0.3, 0.4) is 0 Å². The van der Waals surface area contributed by atoms with Gasteiger partial charge in [-0.25, -0.2) is 4.79 Å². The summed E-state index contributed by atoms with van der Waals surface area (Å²) in [6.45, 7) is 4.26. The fourth-order valence-electron chi connectivity index (χ4n) is 0.665. The Labute approximate surface area is 70.5 Å². The van der Waals surface area contributed by atoms with Crippen LogP contribution in [0.1, 0.15) is 20.8 Å². The lowest BCUT2D eigenvalue weighted by atomic mass is 9.91. The van der Waals surface area contributed by atoms with Gasteiger partial charge in [-0.2, -0.15) is 0 Å². The molecule has 0 aliphatic heterocycles. The van der Waals surface area contributed by atoms with Crippen molar-refractivity contribution in [3.05, 3.63) is 11.6 Å². The summed E-state index contributed by atoms with van der Waals surface area (Å²) in [6, 6.07) is 0. The van der Waals surface area contributed by atoms with Crippen molar-refractivity contribution in [2.45, 2.75) is 20.8 Å². The zero-order valence-corrected chi connectivity index (χ0v) is 7.29. The molecule has 0 aromatic carbocycles. The molecule has 0 aromatic heterocycles. The molecular formula is C8H12O4. The lowest BCUT2D eigenvalue weighted by Gasteiger charge is -2.13. The highest BCUT2D eigenvalue weighted by molar-refractivity contribution is 5.87. The summed E-state index contributed by atoms with van der Waals surface area (Å²) in [5.41, 5.74) is -1.08. The molecule has 0 aromatic rings. The number of carboxylic acids is 2. The van der Waals surface area contributed by atoms with E-state index in [0.717, 1.165) is 0 Å². The van der Waals surface area contributed by atoms with Crippen molar-refractivity contribution in [2.75, 3.05) is 0 Å². The van der Waals surface area contributed by atoms with Crippen molar-refractivity contribution in [3.63, 3.8) is 0 Å². The Morgan fingerprint density at radius 2 is 1.67 bits per heavy atom. The van der Waals surface area contributed by atoms with Gasteiger partial charge >= 0.3 is 11.9 Å². The van der Waals surface area contributed by atoms with E-state index in [4.69, 9.17) is 10.2 Å². The van der Waals surface area contributed by atoms with Crippen molar-refractivity contribution in [3.8, 4) is 0 Å². The van der Waals surface area contributed by atoms with E-state index in [1.807, 2.05) is 0 Å². The predicted molar refractivity (Wildman–Crippen MR) is 42.8 cm³/mol. The molecule has 4 nitrogen and oxygen atoms in total. The van der Waals surface area contributed by atoms with E-state index in [1.54, 1.807) is 0 Å². The Kier molecular flexibility index (Phi) is 3.01. The van der Waals surface area contributed by atoms with Crippen LogP contribution in [0.25, 0.3) is 0 Å². The average molecular weight is 172 g/mol. The molecule has 0 radical (unpaired) electrons.